The summed E-state index contributed by atoms with van der Waals surface area (Å²) in [6.07, 6.45) is -0.888. The van der Waals surface area contributed by atoms with Crippen LogP contribution in [0.4, 0.5) is 20.4 Å². The summed E-state index contributed by atoms with van der Waals surface area (Å²) >= 11 is 0. The fraction of sp³-hybridized carbons (Fsp3) is 0.808. The van der Waals surface area contributed by atoms with Crippen molar-refractivity contribution >= 4 is 23.5 Å². The number of likely N-dealkylation sites (tertiary alicyclic amines) is 1. The molecule has 4 aliphatic rings. The molecule has 2 amide bonds. The first-order valence-electron chi connectivity index (χ1n) is 14.3. The number of hydrogen-bond donors (Lipinski definition) is 4. The summed E-state index contributed by atoms with van der Waals surface area (Å²) in [5.41, 5.74) is 5.48. The number of piperidine rings is 1. The van der Waals surface area contributed by atoms with Crippen molar-refractivity contribution < 1.29 is 18.4 Å². The Labute approximate surface area is 228 Å². The minimum absolute atomic E-state index is 0.0142. The van der Waals surface area contributed by atoms with Crippen molar-refractivity contribution in [1.82, 2.24) is 35.1 Å². The van der Waals surface area contributed by atoms with Crippen molar-refractivity contribution in [2.75, 3.05) is 70.0 Å². The molecular formula is C26H43F2N9O2. The number of hydrogen-bond acceptors (Lipinski definition) is 8. The first-order valence-corrected chi connectivity index (χ1v) is 14.3. The van der Waals surface area contributed by atoms with Gasteiger partial charge in [-0.25, -0.2) is 13.5 Å². The van der Waals surface area contributed by atoms with Crippen LogP contribution in [0.2, 0.25) is 0 Å². The van der Waals surface area contributed by atoms with Gasteiger partial charge in [-0.05, 0) is 32.9 Å². The lowest BCUT2D eigenvalue weighted by atomic mass is 9.80. The molecule has 39 heavy (non-hydrogen) atoms. The number of aromatic nitrogens is 2. The Kier molecular flexibility index (Phi) is 8.03. The molecule has 3 saturated heterocycles. The summed E-state index contributed by atoms with van der Waals surface area (Å²) in [6, 6.07) is -1.11. The van der Waals surface area contributed by atoms with Gasteiger partial charge in [-0.1, -0.05) is 13.8 Å². The third kappa shape index (κ3) is 5.32. The van der Waals surface area contributed by atoms with Crippen molar-refractivity contribution in [2.24, 2.45) is 5.92 Å². The standard InChI is InChI=1S/C26H43F2N9O2/c1-4-26(3)21(28)20(35-8-10-36(11-9-35)25(39)16-6-7-34(5-2)14-16)18(13-31-26)32-24(38)19-22(29)33-37-15-17(27)12-30-23(19)37/h16-18,20-21,30-31H,4-15H2,1-3H3,(H2,29,33)(H,32,38). The third-order valence-corrected chi connectivity index (χ3v) is 9.28. The van der Waals surface area contributed by atoms with E-state index >= 15 is 4.39 Å². The maximum atomic E-state index is 16.3. The summed E-state index contributed by atoms with van der Waals surface area (Å²) < 4.78 is 31.5. The van der Waals surface area contributed by atoms with E-state index in [0.717, 1.165) is 26.1 Å². The number of carbonyl (C=O) groups is 2. The van der Waals surface area contributed by atoms with Gasteiger partial charge in [0.05, 0.1) is 24.5 Å². The Balaban J connectivity index is 1.29. The van der Waals surface area contributed by atoms with Gasteiger partial charge < -0.3 is 31.5 Å². The fourth-order valence-electron chi connectivity index (χ4n) is 6.57. The van der Waals surface area contributed by atoms with Crippen LogP contribution in [0.5, 0.6) is 0 Å². The van der Waals surface area contributed by atoms with E-state index in [9.17, 15) is 14.0 Å². The maximum absolute atomic E-state index is 16.3. The van der Waals surface area contributed by atoms with Crippen molar-refractivity contribution in [3.05, 3.63) is 5.56 Å². The van der Waals surface area contributed by atoms with Crippen LogP contribution in [0.1, 0.15) is 44.0 Å². The number of nitrogens with zero attached hydrogens (tertiary/aromatic N) is 5. The van der Waals surface area contributed by atoms with Crippen LogP contribution < -0.4 is 21.7 Å². The summed E-state index contributed by atoms with van der Waals surface area (Å²) in [7, 11) is 0. The van der Waals surface area contributed by atoms with E-state index in [0.29, 0.717) is 45.0 Å². The second kappa shape index (κ2) is 11.2. The first-order chi connectivity index (χ1) is 18.6. The van der Waals surface area contributed by atoms with Crippen molar-refractivity contribution in [3.63, 3.8) is 0 Å². The quantitative estimate of drug-likeness (QED) is 0.398. The number of rotatable bonds is 6. The largest absolute Gasteiger partial charge is 0.381 e. The Morgan fingerprint density at radius 3 is 2.54 bits per heavy atom. The average molecular weight is 552 g/mol. The van der Waals surface area contributed by atoms with Gasteiger partial charge in [0.2, 0.25) is 5.91 Å². The van der Waals surface area contributed by atoms with Crippen LogP contribution in [0.25, 0.3) is 0 Å². The number of piperazine rings is 1. The molecule has 11 nitrogen and oxygen atoms in total. The van der Waals surface area contributed by atoms with Crippen LogP contribution in [-0.2, 0) is 11.3 Å². The number of fused-ring (bicyclic) bond motifs is 1. The summed E-state index contributed by atoms with van der Waals surface area (Å²) in [5, 5.41) is 13.4. The van der Waals surface area contributed by atoms with Gasteiger partial charge in [0, 0.05) is 51.4 Å². The van der Waals surface area contributed by atoms with Gasteiger partial charge in [0.15, 0.2) is 5.82 Å². The topological polar surface area (TPSA) is 124 Å². The molecule has 1 aromatic rings. The molecule has 0 saturated carbocycles. The molecular weight excluding hydrogens is 508 g/mol. The van der Waals surface area contributed by atoms with Gasteiger partial charge in [0.1, 0.15) is 23.7 Å². The first kappa shape index (κ1) is 28.0. The van der Waals surface area contributed by atoms with Gasteiger partial charge in [-0.2, -0.15) is 5.10 Å². The zero-order valence-electron chi connectivity index (χ0n) is 23.3. The zero-order chi connectivity index (χ0) is 27.9. The molecule has 5 N–H and O–H groups in total. The van der Waals surface area contributed by atoms with E-state index in [1.165, 1.54) is 4.68 Å². The Morgan fingerprint density at radius 1 is 1.13 bits per heavy atom. The molecule has 13 heteroatoms. The van der Waals surface area contributed by atoms with Gasteiger partial charge >= 0.3 is 0 Å². The highest BCUT2D eigenvalue weighted by Gasteiger charge is 2.50. The lowest BCUT2D eigenvalue weighted by molar-refractivity contribution is -0.138. The van der Waals surface area contributed by atoms with E-state index in [2.05, 4.69) is 37.8 Å². The number of halogens is 2. The van der Waals surface area contributed by atoms with E-state index in [4.69, 9.17) is 5.73 Å². The monoisotopic (exact) mass is 551 g/mol. The summed E-state index contributed by atoms with van der Waals surface area (Å²) in [6.45, 7) is 11.3. The summed E-state index contributed by atoms with van der Waals surface area (Å²) in [4.78, 5) is 32.9. The minimum Gasteiger partial charge on any atom is -0.381 e. The number of carbonyl (C=O) groups excluding carboxylic acids is 2. The average Bonchev–Trinajstić information content (AvgIpc) is 3.54. The molecule has 5 heterocycles. The molecule has 218 valence electrons. The van der Waals surface area contributed by atoms with Crippen molar-refractivity contribution in [1.29, 1.82) is 0 Å². The molecule has 6 unspecified atom stereocenters. The van der Waals surface area contributed by atoms with Crippen LogP contribution in [-0.4, -0.2) is 125 Å². The number of anilines is 2. The predicted octanol–water partition coefficient (Wildman–Crippen LogP) is 0.292. The van der Waals surface area contributed by atoms with Gasteiger partial charge in [-0.3, -0.25) is 14.5 Å². The molecule has 1 aromatic heterocycles. The van der Waals surface area contributed by atoms with Crippen LogP contribution in [0, 0.1) is 5.92 Å². The van der Waals surface area contributed by atoms with Crippen LogP contribution >= 0.6 is 0 Å². The Bertz CT molecular complexity index is 1060. The highest BCUT2D eigenvalue weighted by molar-refractivity contribution is 6.03. The molecule has 6 atom stereocenters. The third-order valence-electron chi connectivity index (χ3n) is 9.28. The molecule has 0 radical (unpaired) electrons. The predicted molar refractivity (Wildman–Crippen MR) is 145 cm³/mol. The molecule has 0 bridgehead atoms. The number of nitrogens with one attached hydrogen (secondary N) is 3. The van der Waals surface area contributed by atoms with Crippen LogP contribution in [0.3, 0.4) is 0 Å². The minimum atomic E-state index is -1.25. The second-order valence-corrected chi connectivity index (χ2v) is 11.6. The lowest BCUT2D eigenvalue weighted by Gasteiger charge is -2.51. The van der Waals surface area contributed by atoms with E-state index < -0.39 is 35.9 Å². The highest BCUT2D eigenvalue weighted by Crippen LogP contribution is 2.32. The number of alkyl halides is 2. The van der Waals surface area contributed by atoms with E-state index in [1.54, 1.807) is 0 Å². The van der Waals surface area contributed by atoms with E-state index in [-0.39, 0.29) is 36.3 Å². The second-order valence-electron chi connectivity index (χ2n) is 11.6. The van der Waals surface area contributed by atoms with Crippen molar-refractivity contribution in [3.8, 4) is 0 Å². The maximum Gasteiger partial charge on any atom is 0.259 e. The van der Waals surface area contributed by atoms with Crippen molar-refractivity contribution in [2.45, 2.75) is 70.1 Å². The van der Waals surface area contributed by atoms with Gasteiger partial charge in [0.25, 0.3) is 5.91 Å². The lowest BCUT2D eigenvalue weighted by Crippen LogP contribution is -2.73. The SMILES string of the molecule is CCN1CCC(C(=O)N2CCN(C3C(NC(=O)c4c(N)nn5c4NCC(F)C5)CNC(C)(CC)C3F)CC2)C1. The number of nitrogens with two attached hydrogens (primary N) is 1. The molecule has 0 aliphatic carbocycles. The summed E-state index contributed by atoms with van der Waals surface area (Å²) in [5.74, 6) is 0.169. The Morgan fingerprint density at radius 2 is 1.87 bits per heavy atom. The fourth-order valence-corrected chi connectivity index (χ4v) is 6.57. The highest BCUT2D eigenvalue weighted by atomic mass is 19.1. The smallest absolute Gasteiger partial charge is 0.259 e. The van der Waals surface area contributed by atoms with Crippen LogP contribution in [0.15, 0.2) is 0 Å². The molecule has 0 aromatic carbocycles. The molecule has 3 fully saturated rings. The molecule has 0 spiro atoms. The molecule has 5 rings (SSSR count). The zero-order valence-corrected chi connectivity index (χ0v) is 23.3. The normalized spacial score (nSPS) is 34.0. The van der Waals surface area contributed by atoms with E-state index in [1.807, 2.05) is 18.7 Å². The molecule has 4 aliphatic heterocycles. The number of amides is 2. The Hall–Kier alpha value is -2.51. The number of nitrogen functional groups attached to an aromatic ring is 1. The van der Waals surface area contributed by atoms with Gasteiger partial charge in [-0.15, -0.1) is 0 Å².